The fourth-order valence-electron chi connectivity index (χ4n) is 4.13. The van der Waals surface area contributed by atoms with Crippen molar-refractivity contribution in [2.24, 2.45) is 7.05 Å². The van der Waals surface area contributed by atoms with Gasteiger partial charge in [0.05, 0.1) is 16.3 Å². The number of fused-ring (bicyclic) bond motifs is 1. The maximum atomic E-state index is 13.6. The summed E-state index contributed by atoms with van der Waals surface area (Å²) in [5.74, 6) is -1.08. The van der Waals surface area contributed by atoms with Crippen molar-refractivity contribution in [1.82, 2.24) is 9.78 Å². The molecular weight excluding hydrogens is 438 g/mol. The normalized spacial score (nSPS) is 11.7. The molecule has 4 aromatic rings. The molecule has 33 heavy (non-hydrogen) atoms. The van der Waals surface area contributed by atoms with Crippen LogP contribution in [0, 0.1) is 27.7 Å². The molecule has 1 aromatic heterocycles. The molecule has 0 bridgehead atoms. The fourth-order valence-corrected chi connectivity index (χ4v) is 5.82. The van der Waals surface area contributed by atoms with Crippen LogP contribution in [0.5, 0.6) is 0 Å². The van der Waals surface area contributed by atoms with E-state index in [0.29, 0.717) is 28.1 Å². The standard InChI is InChI=1S/C25H25N3O4S/c1-14-10-15(2)17(4)24(16(14)3)33(31,32)27-22-12-19(11-18-8-6-7-9-20(18)22)21-13-23(25(29)30)28(5)26-21/h6-13,27H,1-5H3,(H,29,30). The van der Waals surface area contributed by atoms with E-state index in [1.165, 1.54) is 10.7 Å². The molecule has 0 spiro atoms. The van der Waals surface area contributed by atoms with E-state index >= 15 is 0 Å². The number of aromatic nitrogens is 2. The van der Waals surface area contributed by atoms with E-state index in [1.807, 2.05) is 64.1 Å². The first-order valence-corrected chi connectivity index (χ1v) is 11.9. The maximum Gasteiger partial charge on any atom is 0.354 e. The van der Waals surface area contributed by atoms with E-state index in [2.05, 4.69) is 9.82 Å². The fraction of sp³-hybridized carbons (Fsp3) is 0.200. The highest BCUT2D eigenvalue weighted by Gasteiger charge is 2.24. The molecule has 0 atom stereocenters. The number of sulfonamides is 1. The highest BCUT2D eigenvalue weighted by atomic mass is 32.2. The highest BCUT2D eigenvalue weighted by Crippen LogP contribution is 2.34. The van der Waals surface area contributed by atoms with Crippen molar-refractivity contribution in [3.63, 3.8) is 0 Å². The average molecular weight is 464 g/mol. The molecule has 0 amide bonds. The molecule has 170 valence electrons. The molecule has 2 N–H and O–H groups in total. The lowest BCUT2D eigenvalue weighted by molar-refractivity contribution is 0.0685. The van der Waals surface area contributed by atoms with E-state index < -0.39 is 16.0 Å². The molecule has 0 aliphatic rings. The van der Waals surface area contributed by atoms with Crippen LogP contribution in [0.3, 0.4) is 0 Å². The van der Waals surface area contributed by atoms with Gasteiger partial charge in [0.1, 0.15) is 5.69 Å². The van der Waals surface area contributed by atoms with Gasteiger partial charge >= 0.3 is 5.97 Å². The Balaban J connectivity index is 1.90. The van der Waals surface area contributed by atoms with Crippen LogP contribution in [-0.4, -0.2) is 29.3 Å². The predicted molar refractivity (Wildman–Crippen MR) is 129 cm³/mol. The molecule has 0 saturated heterocycles. The molecule has 1 heterocycles. The first-order valence-electron chi connectivity index (χ1n) is 10.4. The van der Waals surface area contributed by atoms with Gasteiger partial charge in [0.2, 0.25) is 0 Å². The lowest BCUT2D eigenvalue weighted by atomic mass is 10.0. The van der Waals surface area contributed by atoms with Gasteiger partial charge in [0, 0.05) is 18.0 Å². The number of carboxylic acid groups (broad SMARTS) is 1. The van der Waals surface area contributed by atoms with Crippen molar-refractivity contribution in [2.75, 3.05) is 4.72 Å². The number of aryl methyl sites for hydroxylation is 3. The monoisotopic (exact) mass is 463 g/mol. The van der Waals surface area contributed by atoms with Crippen LogP contribution < -0.4 is 4.72 Å². The zero-order chi connectivity index (χ0) is 24.1. The first-order chi connectivity index (χ1) is 15.5. The molecule has 0 aliphatic heterocycles. The number of nitrogens with one attached hydrogen (secondary N) is 1. The number of carboxylic acids is 1. The quantitative estimate of drug-likeness (QED) is 0.435. The molecule has 7 nitrogen and oxygen atoms in total. The predicted octanol–water partition coefficient (Wildman–Crippen LogP) is 4.97. The Kier molecular flexibility index (Phi) is 5.49. The topological polar surface area (TPSA) is 101 Å². The van der Waals surface area contributed by atoms with Crippen molar-refractivity contribution in [1.29, 1.82) is 0 Å². The van der Waals surface area contributed by atoms with Crippen molar-refractivity contribution in [3.8, 4) is 11.3 Å². The zero-order valence-electron chi connectivity index (χ0n) is 19.1. The third-order valence-electron chi connectivity index (χ3n) is 6.07. The minimum atomic E-state index is -3.90. The molecule has 0 radical (unpaired) electrons. The summed E-state index contributed by atoms with van der Waals surface area (Å²) < 4.78 is 31.2. The summed E-state index contributed by atoms with van der Waals surface area (Å²) in [6.45, 7) is 7.42. The molecule has 4 rings (SSSR count). The van der Waals surface area contributed by atoms with Crippen LogP contribution in [0.25, 0.3) is 22.0 Å². The number of nitrogens with zero attached hydrogens (tertiary/aromatic N) is 2. The average Bonchev–Trinajstić information content (AvgIpc) is 3.14. The second-order valence-corrected chi connectivity index (χ2v) is 9.90. The number of benzene rings is 3. The summed E-state index contributed by atoms with van der Waals surface area (Å²) in [6.07, 6.45) is 0. The second kappa shape index (κ2) is 8.04. The lowest BCUT2D eigenvalue weighted by Gasteiger charge is -2.18. The number of anilines is 1. The van der Waals surface area contributed by atoms with Crippen molar-refractivity contribution < 1.29 is 18.3 Å². The van der Waals surface area contributed by atoms with Gasteiger partial charge in [0.25, 0.3) is 10.0 Å². The molecule has 0 unspecified atom stereocenters. The molecule has 0 saturated carbocycles. The number of rotatable bonds is 5. The van der Waals surface area contributed by atoms with Gasteiger partial charge in [-0.05, 0) is 73.5 Å². The molecule has 8 heteroatoms. The Bertz CT molecular complexity index is 1510. The van der Waals surface area contributed by atoms with Gasteiger partial charge in [-0.1, -0.05) is 30.3 Å². The SMILES string of the molecule is Cc1cc(C)c(C)c(S(=O)(=O)Nc2cc(-c3cc(C(=O)O)n(C)n3)cc3ccccc23)c1C. The van der Waals surface area contributed by atoms with Crippen LogP contribution in [0.1, 0.15) is 32.7 Å². The summed E-state index contributed by atoms with van der Waals surface area (Å²) in [7, 11) is -2.34. The van der Waals surface area contributed by atoms with Crippen LogP contribution in [-0.2, 0) is 17.1 Å². The summed E-state index contributed by atoms with van der Waals surface area (Å²) in [6, 6.07) is 14.5. The number of carbonyl (C=O) groups is 1. The van der Waals surface area contributed by atoms with Crippen LogP contribution in [0.15, 0.2) is 53.4 Å². The van der Waals surface area contributed by atoms with Crippen LogP contribution >= 0.6 is 0 Å². The van der Waals surface area contributed by atoms with Gasteiger partial charge in [0.15, 0.2) is 0 Å². The summed E-state index contributed by atoms with van der Waals surface area (Å²) in [5, 5.41) is 15.2. The highest BCUT2D eigenvalue weighted by molar-refractivity contribution is 7.92. The third-order valence-corrected chi connectivity index (χ3v) is 7.71. The molecule has 0 aliphatic carbocycles. The van der Waals surface area contributed by atoms with Crippen molar-refractivity contribution in [2.45, 2.75) is 32.6 Å². The smallest absolute Gasteiger partial charge is 0.354 e. The summed E-state index contributed by atoms with van der Waals surface area (Å²) >= 11 is 0. The van der Waals surface area contributed by atoms with E-state index in [4.69, 9.17) is 0 Å². The van der Waals surface area contributed by atoms with Gasteiger partial charge in [-0.25, -0.2) is 13.2 Å². The Morgan fingerprint density at radius 3 is 2.21 bits per heavy atom. The van der Waals surface area contributed by atoms with Gasteiger partial charge in [-0.15, -0.1) is 0 Å². The Morgan fingerprint density at radius 1 is 0.970 bits per heavy atom. The van der Waals surface area contributed by atoms with Crippen LogP contribution in [0.2, 0.25) is 0 Å². The number of aromatic carboxylic acids is 1. The Hall–Kier alpha value is -3.65. The lowest BCUT2D eigenvalue weighted by Crippen LogP contribution is -2.17. The Morgan fingerprint density at radius 2 is 1.61 bits per heavy atom. The van der Waals surface area contributed by atoms with Gasteiger partial charge in [-0.2, -0.15) is 5.10 Å². The van der Waals surface area contributed by atoms with Crippen molar-refractivity contribution in [3.05, 3.63) is 76.5 Å². The van der Waals surface area contributed by atoms with E-state index in [-0.39, 0.29) is 10.6 Å². The van der Waals surface area contributed by atoms with E-state index in [0.717, 1.165) is 21.9 Å². The second-order valence-electron chi connectivity index (χ2n) is 8.28. The molecular formula is C25H25N3O4S. The van der Waals surface area contributed by atoms with Gasteiger partial charge in [-0.3, -0.25) is 9.40 Å². The van der Waals surface area contributed by atoms with Gasteiger partial charge < -0.3 is 5.11 Å². The zero-order valence-corrected chi connectivity index (χ0v) is 19.9. The van der Waals surface area contributed by atoms with Crippen LogP contribution in [0.4, 0.5) is 5.69 Å². The molecule has 3 aromatic carbocycles. The first kappa shape index (κ1) is 22.5. The Labute approximate surface area is 192 Å². The largest absolute Gasteiger partial charge is 0.477 e. The number of hydrogen-bond acceptors (Lipinski definition) is 4. The number of hydrogen-bond donors (Lipinski definition) is 2. The third kappa shape index (κ3) is 3.98. The molecule has 0 fully saturated rings. The minimum absolute atomic E-state index is 0.0433. The maximum absolute atomic E-state index is 13.6. The van der Waals surface area contributed by atoms with E-state index in [9.17, 15) is 18.3 Å². The van der Waals surface area contributed by atoms with E-state index in [1.54, 1.807) is 13.1 Å². The van der Waals surface area contributed by atoms with Crippen molar-refractivity contribution >= 4 is 32.5 Å². The summed E-state index contributed by atoms with van der Waals surface area (Å²) in [4.78, 5) is 11.7. The minimum Gasteiger partial charge on any atom is -0.477 e. The summed E-state index contributed by atoms with van der Waals surface area (Å²) in [5.41, 5.74) is 4.75.